The molecule has 0 spiro atoms. The minimum Gasteiger partial charge on any atom is -0.396 e. The number of hydrogen-bond acceptors (Lipinski definition) is 5. The number of nitrogens with one attached hydrogen (secondary N) is 1. The van der Waals surface area contributed by atoms with E-state index in [1.165, 1.54) is 4.31 Å². The molecule has 1 atom stereocenters. The molecular weight excluding hydrogens is 270 g/mol. The average Bonchev–Trinajstić information content (AvgIpc) is 2.82. The zero-order valence-electron chi connectivity index (χ0n) is 10.9. The first-order valence-electron chi connectivity index (χ1n) is 6.29. The Bertz CT molecular complexity index is 514. The van der Waals surface area contributed by atoms with Crippen LogP contribution >= 0.6 is 0 Å². The Labute approximate surface area is 112 Å². The van der Waals surface area contributed by atoms with Crippen LogP contribution < -0.4 is 4.72 Å². The van der Waals surface area contributed by atoms with E-state index in [1.807, 2.05) is 0 Å². The molecule has 1 fully saturated rings. The zero-order valence-corrected chi connectivity index (χ0v) is 11.7. The molecule has 2 heterocycles. The number of hydrogen-bond donors (Lipinski definition) is 2. The molecule has 0 saturated carbocycles. The van der Waals surface area contributed by atoms with Crippen LogP contribution in [0, 0.1) is 12.8 Å². The van der Waals surface area contributed by atoms with Gasteiger partial charge in [-0.05, 0) is 25.7 Å². The van der Waals surface area contributed by atoms with Crippen molar-refractivity contribution in [2.45, 2.75) is 26.3 Å². The van der Waals surface area contributed by atoms with Crippen LogP contribution in [0.5, 0.6) is 0 Å². The molecule has 2 rings (SSSR count). The van der Waals surface area contributed by atoms with Crippen LogP contribution in [0.4, 0.5) is 0 Å². The number of nitrogens with zero attached hydrogens (tertiary/aromatic N) is 2. The van der Waals surface area contributed by atoms with Gasteiger partial charge in [0.2, 0.25) is 0 Å². The van der Waals surface area contributed by atoms with Crippen molar-refractivity contribution in [3.63, 3.8) is 0 Å². The van der Waals surface area contributed by atoms with E-state index in [1.54, 1.807) is 13.0 Å². The number of aryl methyl sites for hydroxylation is 1. The summed E-state index contributed by atoms with van der Waals surface area (Å²) in [6.45, 7) is 2.73. The topological polar surface area (TPSA) is 95.7 Å². The molecule has 108 valence electrons. The number of rotatable bonds is 5. The van der Waals surface area contributed by atoms with E-state index in [-0.39, 0.29) is 19.1 Å². The third kappa shape index (κ3) is 3.75. The highest BCUT2D eigenvalue weighted by molar-refractivity contribution is 7.87. The van der Waals surface area contributed by atoms with Crippen LogP contribution in [-0.4, -0.2) is 42.7 Å². The van der Waals surface area contributed by atoms with E-state index < -0.39 is 10.2 Å². The van der Waals surface area contributed by atoms with E-state index in [0.29, 0.717) is 24.5 Å². The van der Waals surface area contributed by atoms with Crippen molar-refractivity contribution >= 4 is 10.2 Å². The summed E-state index contributed by atoms with van der Waals surface area (Å²) in [4.78, 5) is 0. The molecule has 1 unspecified atom stereocenters. The molecule has 0 aromatic carbocycles. The highest BCUT2D eigenvalue weighted by Crippen LogP contribution is 2.18. The zero-order chi connectivity index (χ0) is 13.9. The second-order valence-electron chi connectivity index (χ2n) is 4.81. The lowest BCUT2D eigenvalue weighted by atomic mass is 10.0. The SMILES string of the molecule is Cc1cc(CNS(=O)(=O)N2CCCC(CO)C2)on1. The largest absolute Gasteiger partial charge is 0.396 e. The lowest BCUT2D eigenvalue weighted by Crippen LogP contribution is -2.46. The Balaban J connectivity index is 1.94. The van der Waals surface area contributed by atoms with Crippen LogP contribution in [-0.2, 0) is 16.8 Å². The normalized spacial score (nSPS) is 21.7. The van der Waals surface area contributed by atoms with Crippen molar-refractivity contribution < 1.29 is 18.0 Å². The van der Waals surface area contributed by atoms with Crippen molar-refractivity contribution in [3.8, 4) is 0 Å². The summed E-state index contributed by atoms with van der Waals surface area (Å²) in [7, 11) is -3.53. The van der Waals surface area contributed by atoms with Crippen molar-refractivity contribution in [1.82, 2.24) is 14.2 Å². The molecule has 0 radical (unpaired) electrons. The van der Waals surface area contributed by atoms with Crippen molar-refractivity contribution in [2.24, 2.45) is 5.92 Å². The minimum atomic E-state index is -3.53. The van der Waals surface area contributed by atoms with Gasteiger partial charge in [0, 0.05) is 25.8 Å². The molecule has 19 heavy (non-hydrogen) atoms. The van der Waals surface area contributed by atoms with Crippen LogP contribution in [0.15, 0.2) is 10.6 Å². The van der Waals surface area contributed by atoms with Gasteiger partial charge < -0.3 is 9.63 Å². The lowest BCUT2D eigenvalue weighted by Gasteiger charge is -2.30. The first kappa shape index (κ1) is 14.4. The van der Waals surface area contributed by atoms with Gasteiger partial charge in [0.25, 0.3) is 10.2 Å². The first-order chi connectivity index (χ1) is 9.01. The highest BCUT2D eigenvalue weighted by atomic mass is 32.2. The predicted octanol–water partition coefficient (Wildman–Crippen LogP) is 0.0217. The summed E-state index contributed by atoms with van der Waals surface area (Å²) in [5.41, 5.74) is 0.715. The Hall–Kier alpha value is -0.960. The predicted molar refractivity (Wildman–Crippen MR) is 68.4 cm³/mol. The lowest BCUT2D eigenvalue weighted by molar-refractivity contribution is 0.164. The van der Waals surface area contributed by atoms with E-state index in [2.05, 4.69) is 9.88 Å². The Morgan fingerprint density at radius 1 is 1.63 bits per heavy atom. The van der Waals surface area contributed by atoms with Gasteiger partial charge in [-0.25, -0.2) is 0 Å². The van der Waals surface area contributed by atoms with Crippen LogP contribution in [0.3, 0.4) is 0 Å². The molecule has 0 aliphatic carbocycles. The summed E-state index contributed by atoms with van der Waals surface area (Å²) in [5, 5.41) is 12.8. The molecular formula is C11H19N3O4S. The van der Waals surface area contributed by atoms with E-state index >= 15 is 0 Å². The second-order valence-corrected chi connectivity index (χ2v) is 6.56. The van der Waals surface area contributed by atoms with E-state index in [0.717, 1.165) is 12.8 Å². The fourth-order valence-corrected chi connectivity index (χ4v) is 3.43. The van der Waals surface area contributed by atoms with Crippen molar-refractivity contribution in [3.05, 3.63) is 17.5 Å². The summed E-state index contributed by atoms with van der Waals surface area (Å²) in [6, 6.07) is 1.69. The number of aliphatic hydroxyl groups is 1. The summed E-state index contributed by atoms with van der Waals surface area (Å²) < 4.78 is 33.0. The maximum absolute atomic E-state index is 12.1. The van der Waals surface area contributed by atoms with Crippen molar-refractivity contribution in [2.75, 3.05) is 19.7 Å². The molecule has 0 amide bonds. The van der Waals surface area contributed by atoms with Gasteiger partial charge >= 0.3 is 0 Å². The van der Waals surface area contributed by atoms with Gasteiger partial charge in [-0.1, -0.05) is 5.16 Å². The van der Waals surface area contributed by atoms with Crippen molar-refractivity contribution in [1.29, 1.82) is 0 Å². The summed E-state index contributed by atoms with van der Waals surface area (Å²) in [5.74, 6) is 0.509. The fraction of sp³-hybridized carbons (Fsp3) is 0.727. The van der Waals surface area contributed by atoms with Gasteiger partial charge in [-0.15, -0.1) is 0 Å². The maximum atomic E-state index is 12.1. The molecule has 2 N–H and O–H groups in total. The Morgan fingerprint density at radius 2 is 2.42 bits per heavy atom. The minimum absolute atomic E-state index is 0.0211. The van der Waals surface area contributed by atoms with E-state index in [4.69, 9.17) is 9.63 Å². The van der Waals surface area contributed by atoms with Gasteiger partial charge in [-0.3, -0.25) is 0 Å². The number of aliphatic hydroxyl groups excluding tert-OH is 1. The number of aromatic nitrogens is 1. The van der Waals surface area contributed by atoms with Gasteiger partial charge in [0.1, 0.15) is 0 Å². The molecule has 1 saturated heterocycles. The third-order valence-electron chi connectivity index (χ3n) is 3.19. The highest BCUT2D eigenvalue weighted by Gasteiger charge is 2.28. The Kier molecular flexibility index (Phi) is 4.56. The van der Waals surface area contributed by atoms with Crippen LogP contribution in [0.25, 0.3) is 0 Å². The van der Waals surface area contributed by atoms with Crippen LogP contribution in [0.2, 0.25) is 0 Å². The average molecular weight is 289 g/mol. The summed E-state index contributed by atoms with van der Waals surface area (Å²) >= 11 is 0. The molecule has 1 aliphatic rings. The molecule has 7 nitrogen and oxygen atoms in total. The molecule has 1 aromatic rings. The van der Waals surface area contributed by atoms with E-state index in [9.17, 15) is 8.42 Å². The van der Waals surface area contributed by atoms with Crippen LogP contribution in [0.1, 0.15) is 24.3 Å². The molecule has 0 bridgehead atoms. The Morgan fingerprint density at radius 3 is 3.05 bits per heavy atom. The molecule has 1 aliphatic heterocycles. The second kappa shape index (κ2) is 6.00. The van der Waals surface area contributed by atoms with Gasteiger partial charge in [0.15, 0.2) is 5.76 Å². The number of piperidine rings is 1. The smallest absolute Gasteiger partial charge is 0.279 e. The molecule has 1 aromatic heterocycles. The third-order valence-corrected chi connectivity index (χ3v) is 4.71. The fourth-order valence-electron chi connectivity index (χ4n) is 2.15. The first-order valence-corrected chi connectivity index (χ1v) is 7.73. The summed E-state index contributed by atoms with van der Waals surface area (Å²) in [6.07, 6.45) is 1.64. The van der Waals surface area contributed by atoms with Gasteiger partial charge in [0.05, 0.1) is 12.2 Å². The maximum Gasteiger partial charge on any atom is 0.279 e. The quantitative estimate of drug-likeness (QED) is 0.797. The monoisotopic (exact) mass is 289 g/mol. The molecule has 8 heteroatoms. The van der Waals surface area contributed by atoms with Gasteiger partial charge in [-0.2, -0.15) is 17.4 Å². The standard InChI is InChI=1S/C11H19N3O4S/c1-9-5-11(18-13-9)6-12-19(16,17)14-4-2-3-10(7-14)8-15/h5,10,12,15H,2-4,6-8H2,1H3.